The van der Waals surface area contributed by atoms with E-state index in [9.17, 15) is 0 Å². The summed E-state index contributed by atoms with van der Waals surface area (Å²) in [5.41, 5.74) is 7.21. The summed E-state index contributed by atoms with van der Waals surface area (Å²) in [7, 11) is 9.66. The van der Waals surface area contributed by atoms with Gasteiger partial charge >= 0.3 is 33.2 Å². The van der Waals surface area contributed by atoms with Crippen LogP contribution in [-0.2, 0) is 12.9 Å². The van der Waals surface area contributed by atoms with E-state index in [1.165, 1.54) is 6.16 Å². The topological polar surface area (TPSA) is 26.0 Å². The Hall–Kier alpha value is 1.48. The first-order valence-electron chi connectivity index (χ1n) is 4.30. The third-order valence-corrected chi connectivity index (χ3v) is 5.14. The van der Waals surface area contributed by atoms with Crippen molar-refractivity contribution < 1.29 is 12.9 Å². The SMILES string of the molecule is CC(C)P(CCN)C(C)C.[Cl][Co][Cl]. The fraction of sp³-hybridized carbons (Fsp3) is 1.00. The maximum atomic E-state index is 5.52. The Morgan fingerprint density at radius 1 is 1.15 bits per heavy atom. The molecule has 0 saturated carbocycles. The van der Waals surface area contributed by atoms with Gasteiger partial charge in [-0.1, -0.05) is 27.7 Å². The van der Waals surface area contributed by atoms with Crippen molar-refractivity contribution in [2.24, 2.45) is 5.73 Å². The summed E-state index contributed by atoms with van der Waals surface area (Å²) < 4.78 is 0. The third-order valence-electron chi connectivity index (χ3n) is 1.71. The molecule has 0 aromatic carbocycles. The molecule has 0 amide bonds. The Labute approximate surface area is 98.4 Å². The van der Waals surface area contributed by atoms with Gasteiger partial charge in [0.05, 0.1) is 0 Å². The molecule has 85 valence electrons. The first-order valence-corrected chi connectivity index (χ1v) is 8.83. The summed E-state index contributed by atoms with van der Waals surface area (Å²) in [5.74, 6) is 0. The fourth-order valence-corrected chi connectivity index (χ4v) is 3.79. The van der Waals surface area contributed by atoms with Gasteiger partial charge in [0.1, 0.15) is 0 Å². The summed E-state index contributed by atoms with van der Waals surface area (Å²) in [4.78, 5) is 0. The van der Waals surface area contributed by atoms with Crippen LogP contribution >= 0.6 is 28.2 Å². The van der Waals surface area contributed by atoms with Crippen LogP contribution in [0.25, 0.3) is 0 Å². The first-order chi connectivity index (χ1) is 6.01. The molecule has 5 heteroatoms. The molecule has 0 atom stereocenters. The molecule has 0 heterocycles. The summed E-state index contributed by atoms with van der Waals surface area (Å²) in [6.07, 6.45) is 1.24. The normalized spacial score (nSPS) is 10.9. The van der Waals surface area contributed by atoms with Gasteiger partial charge in [-0.3, -0.25) is 0 Å². The van der Waals surface area contributed by atoms with Crippen molar-refractivity contribution in [3.05, 3.63) is 0 Å². The van der Waals surface area contributed by atoms with Crippen LogP contribution in [0.2, 0.25) is 0 Å². The van der Waals surface area contributed by atoms with Crippen LogP contribution in [0.1, 0.15) is 27.7 Å². The van der Waals surface area contributed by atoms with Gasteiger partial charge in [-0.05, 0) is 24.0 Å². The van der Waals surface area contributed by atoms with Crippen LogP contribution < -0.4 is 5.73 Å². The quantitative estimate of drug-likeness (QED) is 0.787. The summed E-state index contributed by atoms with van der Waals surface area (Å²) >= 11 is 0.382. The van der Waals surface area contributed by atoms with E-state index in [2.05, 4.69) is 27.7 Å². The van der Waals surface area contributed by atoms with Gasteiger partial charge in [0.25, 0.3) is 0 Å². The molecule has 2 N–H and O–H groups in total. The Bertz CT molecular complexity index is 96.1. The molecular weight excluding hydrogens is 271 g/mol. The van der Waals surface area contributed by atoms with Crippen LogP contribution in [0.15, 0.2) is 0 Å². The van der Waals surface area contributed by atoms with E-state index < -0.39 is 0 Å². The van der Waals surface area contributed by atoms with Crippen molar-refractivity contribution in [3.8, 4) is 0 Å². The molecule has 0 spiro atoms. The second kappa shape index (κ2) is 11.6. The monoisotopic (exact) mass is 290 g/mol. The summed E-state index contributed by atoms with van der Waals surface area (Å²) in [6.45, 7) is 10.1. The number of hydrogen-bond acceptors (Lipinski definition) is 1. The van der Waals surface area contributed by atoms with Crippen LogP contribution in [-0.4, -0.2) is 24.0 Å². The predicted molar refractivity (Wildman–Crippen MR) is 62.8 cm³/mol. The van der Waals surface area contributed by atoms with Gasteiger partial charge < -0.3 is 5.73 Å². The summed E-state index contributed by atoms with van der Waals surface area (Å²) in [6, 6.07) is 0. The zero-order chi connectivity index (χ0) is 10.9. The molecule has 0 aromatic rings. The number of hydrogen-bond donors (Lipinski definition) is 1. The fourth-order valence-electron chi connectivity index (χ4n) is 1.26. The van der Waals surface area contributed by atoms with Crippen LogP contribution in [0, 0.1) is 0 Å². The van der Waals surface area contributed by atoms with Gasteiger partial charge in [0.2, 0.25) is 0 Å². The zero-order valence-electron chi connectivity index (χ0n) is 8.68. The molecular formula is C8H20Cl2CoNP. The third kappa shape index (κ3) is 11.4. The summed E-state index contributed by atoms with van der Waals surface area (Å²) in [5, 5.41) is 0. The van der Waals surface area contributed by atoms with Crippen molar-refractivity contribution in [1.82, 2.24) is 0 Å². The average Bonchev–Trinajstić information content (AvgIpc) is 2.00. The van der Waals surface area contributed by atoms with Gasteiger partial charge in [-0.15, -0.1) is 7.92 Å². The van der Waals surface area contributed by atoms with E-state index in [4.69, 9.17) is 26.0 Å². The van der Waals surface area contributed by atoms with E-state index in [1.54, 1.807) is 0 Å². The molecule has 0 aliphatic rings. The van der Waals surface area contributed by atoms with Gasteiger partial charge in [0, 0.05) is 0 Å². The van der Waals surface area contributed by atoms with Crippen molar-refractivity contribution >= 4 is 28.2 Å². The van der Waals surface area contributed by atoms with E-state index in [1.807, 2.05) is 0 Å². The van der Waals surface area contributed by atoms with Crippen LogP contribution in [0.3, 0.4) is 0 Å². The Balaban J connectivity index is 0. The molecule has 1 nitrogen and oxygen atoms in total. The van der Waals surface area contributed by atoms with Crippen molar-refractivity contribution in [2.45, 2.75) is 39.0 Å². The van der Waals surface area contributed by atoms with E-state index in [0.717, 1.165) is 17.9 Å². The molecule has 0 fully saturated rings. The molecule has 0 radical (unpaired) electrons. The molecule has 0 saturated heterocycles. The Morgan fingerprint density at radius 2 is 1.46 bits per heavy atom. The molecule has 0 aliphatic heterocycles. The molecule has 0 rings (SSSR count). The molecule has 0 unspecified atom stereocenters. The Kier molecular flexibility index (Phi) is 15.0. The average molecular weight is 291 g/mol. The second-order valence-electron chi connectivity index (χ2n) is 3.26. The van der Waals surface area contributed by atoms with Gasteiger partial charge in [0.15, 0.2) is 0 Å². The Morgan fingerprint density at radius 3 is 1.54 bits per heavy atom. The van der Waals surface area contributed by atoms with Crippen molar-refractivity contribution in [2.75, 3.05) is 12.7 Å². The standard InChI is InChI=1S/C8H20NP.2ClH.Co/c1-7(2)10(6-5-9)8(3)4;;;/h7-8H,5-6,9H2,1-4H3;2*1H;/q;;;+2/p-2. The van der Waals surface area contributed by atoms with Gasteiger partial charge in [-0.2, -0.15) is 0 Å². The minimum atomic E-state index is 0.196. The van der Waals surface area contributed by atoms with Crippen molar-refractivity contribution in [1.29, 1.82) is 0 Å². The van der Waals surface area contributed by atoms with Crippen LogP contribution in [0.4, 0.5) is 0 Å². The maximum absolute atomic E-state index is 5.52. The van der Waals surface area contributed by atoms with Gasteiger partial charge in [-0.25, -0.2) is 0 Å². The molecule has 0 bridgehead atoms. The predicted octanol–water partition coefficient (Wildman–Crippen LogP) is 3.62. The molecule has 13 heavy (non-hydrogen) atoms. The number of rotatable bonds is 4. The second-order valence-corrected chi connectivity index (χ2v) is 8.52. The number of nitrogens with two attached hydrogens (primary N) is 1. The zero-order valence-corrected chi connectivity index (χ0v) is 12.1. The van der Waals surface area contributed by atoms with Crippen LogP contribution in [0.5, 0.6) is 0 Å². The van der Waals surface area contributed by atoms with E-state index in [0.29, 0.717) is 12.9 Å². The van der Waals surface area contributed by atoms with E-state index >= 15 is 0 Å². The first kappa shape index (κ1) is 16.9. The minimum absolute atomic E-state index is 0.196. The van der Waals surface area contributed by atoms with E-state index in [-0.39, 0.29) is 7.92 Å². The molecule has 0 aliphatic carbocycles. The van der Waals surface area contributed by atoms with Crippen molar-refractivity contribution in [3.63, 3.8) is 0 Å². The number of halogens is 2. The molecule has 0 aromatic heterocycles.